The summed E-state index contributed by atoms with van der Waals surface area (Å²) in [5, 5.41) is 9.66. The zero-order valence-electron chi connectivity index (χ0n) is 16.5. The molecule has 0 saturated carbocycles. The Morgan fingerprint density at radius 2 is 1.61 bits per heavy atom. The van der Waals surface area contributed by atoms with Crippen molar-refractivity contribution < 1.29 is 41.0 Å². The Morgan fingerprint density at radius 1 is 1.03 bits per heavy atom. The van der Waals surface area contributed by atoms with Gasteiger partial charge in [0, 0.05) is 11.5 Å². The summed E-state index contributed by atoms with van der Waals surface area (Å²) in [6.07, 6.45) is -12.0. The maximum Gasteiger partial charge on any atom is 0.430 e. The minimum atomic E-state index is -6.02. The molecule has 1 aliphatic rings. The molecule has 2 aromatic carbocycles. The van der Waals surface area contributed by atoms with Gasteiger partial charge in [-0.05, 0) is 17.7 Å². The number of hydrogen-bond acceptors (Lipinski definition) is 3. The highest BCUT2D eigenvalue weighted by Crippen LogP contribution is 2.52. The van der Waals surface area contributed by atoms with Crippen LogP contribution >= 0.6 is 0 Å². The van der Waals surface area contributed by atoms with Gasteiger partial charge in [0.2, 0.25) is 5.91 Å². The van der Waals surface area contributed by atoms with E-state index in [0.29, 0.717) is 17.7 Å². The van der Waals surface area contributed by atoms with Crippen LogP contribution in [0.25, 0.3) is 0 Å². The quantitative estimate of drug-likeness (QED) is 0.665. The van der Waals surface area contributed by atoms with Crippen LogP contribution in [0.1, 0.15) is 31.0 Å². The number of fused-ring (bicyclic) bond motifs is 1. The SMILES string of the molecule is CC(C)C(=O)N1c2ccc(C(O)(C(F)(F)F)C(F)(F)F)cc2OCC1c1ccccc1. The summed E-state index contributed by atoms with van der Waals surface area (Å²) in [5.74, 6) is -1.24. The molecule has 1 aliphatic heterocycles. The molecule has 168 valence electrons. The molecule has 0 spiro atoms. The first-order chi connectivity index (χ1) is 14.3. The first-order valence-electron chi connectivity index (χ1n) is 9.30. The largest absolute Gasteiger partial charge is 0.489 e. The van der Waals surface area contributed by atoms with E-state index in [2.05, 4.69) is 0 Å². The summed E-state index contributed by atoms with van der Waals surface area (Å²) in [6.45, 7) is 3.06. The zero-order valence-corrected chi connectivity index (χ0v) is 16.5. The number of alkyl halides is 6. The third-order valence-corrected chi connectivity index (χ3v) is 5.08. The van der Waals surface area contributed by atoms with Crippen molar-refractivity contribution in [2.75, 3.05) is 11.5 Å². The van der Waals surface area contributed by atoms with Crippen LogP contribution in [-0.4, -0.2) is 30.0 Å². The minimum absolute atomic E-state index is 0.0225. The third-order valence-electron chi connectivity index (χ3n) is 5.08. The molecule has 2 aromatic rings. The summed E-state index contributed by atoms with van der Waals surface area (Å²) in [5.41, 5.74) is -5.81. The highest BCUT2D eigenvalue weighted by atomic mass is 19.4. The van der Waals surface area contributed by atoms with E-state index in [1.807, 2.05) is 0 Å². The Bertz CT molecular complexity index is 942. The molecule has 0 aliphatic carbocycles. The van der Waals surface area contributed by atoms with Crippen LogP contribution in [0.3, 0.4) is 0 Å². The summed E-state index contributed by atoms with van der Waals surface area (Å²) in [7, 11) is 0. The van der Waals surface area contributed by atoms with Crippen LogP contribution in [0.2, 0.25) is 0 Å². The first-order valence-corrected chi connectivity index (χ1v) is 9.30. The molecule has 4 nitrogen and oxygen atoms in total. The fraction of sp³-hybridized carbons (Fsp3) is 0.381. The lowest BCUT2D eigenvalue weighted by molar-refractivity contribution is -0.376. The monoisotopic (exact) mass is 447 g/mol. The topological polar surface area (TPSA) is 49.8 Å². The lowest BCUT2D eigenvalue weighted by atomic mass is 9.91. The Balaban J connectivity index is 2.14. The van der Waals surface area contributed by atoms with Gasteiger partial charge in [0.25, 0.3) is 5.60 Å². The number of aliphatic hydroxyl groups is 1. The van der Waals surface area contributed by atoms with Crippen molar-refractivity contribution in [3.63, 3.8) is 0 Å². The van der Waals surface area contributed by atoms with Gasteiger partial charge >= 0.3 is 12.4 Å². The van der Waals surface area contributed by atoms with Gasteiger partial charge in [0.05, 0.1) is 11.7 Å². The van der Waals surface area contributed by atoms with Crippen LogP contribution in [0.5, 0.6) is 5.75 Å². The lowest BCUT2D eigenvalue weighted by Crippen LogP contribution is -2.54. The van der Waals surface area contributed by atoms with E-state index >= 15 is 0 Å². The van der Waals surface area contributed by atoms with Crippen molar-refractivity contribution in [2.45, 2.75) is 37.8 Å². The number of ether oxygens (including phenoxy) is 1. The van der Waals surface area contributed by atoms with Crippen LogP contribution in [-0.2, 0) is 10.4 Å². The molecule has 1 atom stereocenters. The predicted octanol–water partition coefficient (Wildman–Crippen LogP) is 5.12. The van der Waals surface area contributed by atoms with Gasteiger partial charge < -0.3 is 9.84 Å². The maximum absolute atomic E-state index is 13.2. The number of halogens is 6. The van der Waals surface area contributed by atoms with Gasteiger partial charge in [0.15, 0.2) is 0 Å². The number of carbonyl (C=O) groups excluding carboxylic acids is 1. The first kappa shape index (κ1) is 22.9. The van der Waals surface area contributed by atoms with Gasteiger partial charge in [-0.3, -0.25) is 9.69 Å². The van der Waals surface area contributed by atoms with Gasteiger partial charge in [-0.15, -0.1) is 0 Å². The predicted molar refractivity (Wildman–Crippen MR) is 99.5 cm³/mol. The minimum Gasteiger partial charge on any atom is -0.489 e. The van der Waals surface area contributed by atoms with E-state index in [1.165, 1.54) is 4.90 Å². The highest BCUT2D eigenvalue weighted by molar-refractivity contribution is 5.97. The Hall–Kier alpha value is -2.75. The molecule has 0 bridgehead atoms. The molecular formula is C21H19F6NO3. The molecule has 1 unspecified atom stereocenters. The van der Waals surface area contributed by atoms with Gasteiger partial charge in [-0.1, -0.05) is 50.2 Å². The van der Waals surface area contributed by atoms with Crippen molar-refractivity contribution in [1.29, 1.82) is 0 Å². The Kier molecular flexibility index (Phi) is 5.72. The van der Waals surface area contributed by atoms with E-state index in [4.69, 9.17) is 4.74 Å². The van der Waals surface area contributed by atoms with Crippen LogP contribution in [0.15, 0.2) is 48.5 Å². The van der Waals surface area contributed by atoms with E-state index in [9.17, 15) is 36.2 Å². The fourth-order valence-electron chi connectivity index (χ4n) is 3.42. The summed E-state index contributed by atoms with van der Waals surface area (Å²) >= 11 is 0. The molecule has 10 heteroatoms. The molecule has 0 fully saturated rings. The Labute approximate surface area is 174 Å². The number of nitrogens with zero attached hydrogens (tertiary/aromatic N) is 1. The maximum atomic E-state index is 13.2. The van der Waals surface area contributed by atoms with Crippen LogP contribution in [0, 0.1) is 5.92 Å². The number of amides is 1. The normalized spacial score (nSPS) is 17.4. The van der Waals surface area contributed by atoms with Crippen molar-refractivity contribution >= 4 is 11.6 Å². The molecule has 1 heterocycles. The number of hydrogen-bond donors (Lipinski definition) is 1. The van der Waals surface area contributed by atoms with Crippen LogP contribution < -0.4 is 9.64 Å². The zero-order chi connectivity index (χ0) is 23.2. The van der Waals surface area contributed by atoms with Gasteiger partial charge in [-0.2, -0.15) is 26.3 Å². The molecule has 1 amide bonds. The van der Waals surface area contributed by atoms with Gasteiger partial charge in [-0.25, -0.2) is 0 Å². The summed E-state index contributed by atoms with van der Waals surface area (Å²) in [4.78, 5) is 14.2. The molecule has 1 N–H and O–H groups in total. The number of rotatable bonds is 3. The highest BCUT2D eigenvalue weighted by Gasteiger charge is 2.71. The van der Waals surface area contributed by atoms with E-state index in [1.54, 1.807) is 44.2 Å². The van der Waals surface area contributed by atoms with Crippen molar-refractivity contribution in [2.24, 2.45) is 5.92 Å². The third kappa shape index (κ3) is 3.84. The second-order valence-corrected chi connectivity index (χ2v) is 7.49. The molecular weight excluding hydrogens is 428 g/mol. The fourth-order valence-corrected chi connectivity index (χ4v) is 3.42. The Morgan fingerprint density at radius 3 is 2.13 bits per heavy atom. The standard InChI is InChI=1S/C21H19F6NO3/c1-12(2)18(29)28-15-9-8-14(19(30,20(22,23)24)21(25,26)27)10-17(15)31-11-16(28)13-6-4-3-5-7-13/h3-10,12,16,30H,11H2,1-2H3. The average molecular weight is 447 g/mol. The average Bonchev–Trinajstić information content (AvgIpc) is 2.70. The number of anilines is 1. The van der Waals surface area contributed by atoms with Crippen LogP contribution in [0.4, 0.5) is 32.0 Å². The van der Waals surface area contributed by atoms with E-state index in [0.717, 1.165) is 6.07 Å². The van der Waals surface area contributed by atoms with E-state index in [-0.39, 0.29) is 24.0 Å². The van der Waals surface area contributed by atoms with Crippen molar-refractivity contribution in [1.82, 2.24) is 0 Å². The van der Waals surface area contributed by atoms with Crippen molar-refractivity contribution in [3.05, 3.63) is 59.7 Å². The summed E-state index contributed by atoms with van der Waals surface area (Å²) < 4.78 is 84.9. The summed E-state index contributed by atoms with van der Waals surface area (Å²) in [6, 6.07) is 10.0. The molecule has 31 heavy (non-hydrogen) atoms. The second kappa shape index (κ2) is 7.74. The van der Waals surface area contributed by atoms with Crippen molar-refractivity contribution in [3.8, 4) is 5.75 Å². The van der Waals surface area contributed by atoms with E-state index < -0.39 is 35.5 Å². The molecule has 0 radical (unpaired) electrons. The number of benzene rings is 2. The molecule has 0 aromatic heterocycles. The second-order valence-electron chi connectivity index (χ2n) is 7.49. The number of carbonyl (C=O) groups is 1. The molecule has 3 rings (SSSR count). The van der Waals surface area contributed by atoms with Gasteiger partial charge in [0.1, 0.15) is 12.4 Å². The smallest absolute Gasteiger partial charge is 0.430 e. The lowest BCUT2D eigenvalue weighted by Gasteiger charge is -2.39. The molecule has 0 saturated heterocycles.